The highest BCUT2D eigenvalue weighted by Crippen LogP contribution is 2.14. The van der Waals surface area contributed by atoms with E-state index in [4.69, 9.17) is 0 Å². The van der Waals surface area contributed by atoms with E-state index in [0.717, 1.165) is 4.68 Å². The van der Waals surface area contributed by atoms with Gasteiger partial charge in [0.2, 0.25) is 5.16 Å². The minimum absolute atomic E-state index is 0.0329. The molecule has 0 fully saturated rings. The van der Waals surface area contributed by atoms with Gasteiger partial charge in [-0.05, 0) is 23.8 Å². The molecule has 130 valence electrons. The van der Waals surface area contributed by atoms with Crippen LogP contribution in [0.5, 0.6) is 0 Å². The molecule has 5 nitrogen and oxygen atoms in total. The van der Waals surface area contributed by atoms with Crippen LogP contribution in [0.4, 0.5) is 4.39 Å². The fraction of sp³-hybridized carbons (Fsp3) is 0.0526. The maximum absolute atomic E-state index is 12.9. The molecule has 0 unspecified atom stereocenters. The molecule has 0 N–H and O–H groups in total. The summed E-state index contributed by atoms with van der Waals surface area (Å²) in [6.45, 7) is 0. The number of thioether (sulfide) groups is 1. The monoisotopic (exact) mass is 367 g/mol. The normalized spacial score (nSPS) is 11.0. The minimum atomic E-state index is -0.386. The molecule has 1 aromatic heterocycles. The smallest absolute Gasteiger partial charge is 0.272 e. The Morgan fingerprint density at radius 3 is 2.54 bits per heavy atom. The molecule has 2 aromatic carbocycles. The number of allylic oxidation sites excluding steroid dienone is 1. The van der Waals surface area contributed by atoms with E-state index >= 15 is 0 Å². The van der Waals surface area contributed by atoms with E-state index in [-0.39, 0.29) is 23.3 Å². The highest BCUT2D eigenvalue weighted by atomic mass is 32.2. The molecule has 0 radical (unpaired) electrons. The number of hydrogen-bond donors (Lipinski definition) is 0. The van der Waals surface area contributed by atoms with Crippen LogP contribution in [0.2, 0.25) is 0 Å². The summed E-state index contributed by atoms with van der Waals surface area (Å²) in [4.78, 5) is 28.2. The van der Waals surface area contributed by atoms with Crippen LogP contribution >= 0.6 is 11.8 Å². The van der Waals surface area contributed by atoms with E-state index in [1.807, 2.05) is 6.07 Å². The van der Waals surface area contributed by atoms with Crippen LogP contribution in [0.1, 0.15) is 20.7 Å². The lowest BCUT2D eigenvalue weighted by Gasteiger charge is -1.98. The third-order valence-corrected chi connectivity index (χ3v) is 4.26. The van der Waals surface area contributed by atoms with Crippen molar-refractivity contribution in [3.8, 4) is 0 Å². The first-order valence-corrected chi connectivity index (χ1v) is 8.71. The van der Waals surface area contributed by atoms with Gasteiger partial charge in [-0.3, -0.25) is 9.59 Å². The molecule has 3 rings (SSSR count). The highest BCUT2D eigenvalue weighted by Gasteiger charge is 2.10. The first-order chi connectivity index (χ1) is 12.6. The number of carbonyl (C=O) groups excluding carboxylic acids is 2. The lowest BCUT2D eigenvalue weighted by atomic mass is 10.2. The molecule has 0 bridgehead atoms. The number of halogens is 1. The molecule has 0 aliphatic heterocycles. The molecule has 0 atom stereocenters. The van der Waals surface area contributed by atoms with Gasteiger partial charge in [0.1, 0.15) is 12.1 Å². The van der Waals surface area contributed by atoms with Crippen molar-refractivity contribution in [2.75, 3.05) is 5.75 Å². The molecule has 0 aliphatic rings. The van der Waals surface area contributed by atoms with Crippen molar-refractivity contribution < 1.29 is 14.0 Å². The minimum Gasteiger partial charge on any atom is -0.293 e. The predicted molar refractivity (Wildman–Crippen MR) is 97.6 cm³/mol. The van der Waals surface area contributed by atoms with Crippen LogP contribution in [0.3, 0.4) is 0 Å². The summed E-state index contributed by atoms with van der Waals surface area (Å²) in [6, 6.07) is 14.7. The van der Waals surface area contributed by atoms with Crippen LogP contribution in [-0.4, -0.2) is 32.2 Å². The summed E-state index contributed by atoms with van der Waals surface area (Å²) in [5, 5.41) is 4.40. The Bertz CT molecular complexity index is 937. The number of hydrogen-bond acceptors (Lipinski definition) is 5. The van der Waals surface area contributed by atoms with E-state index in [1.165, 1.54) is 36.3 Å². The van der Waals surface area contributed by atoms with Gasteiger partial charge in [0, 0.05) is 11.6 Å². The predicted octanol–water partition coefficient (Wildman–Crippen LogP) is 3.75. The fourth-order valence-electron chi connectivity index (χ4n) is 2.08. The molecular formula is C19H14FN3O2S. The summed E-state index contributed by atoms with van der Waals surface area (Å²) in [5.41, 5.74) is 1.32. The maximum atomic E-state index is 12.9. The number of benzene rings is 2. The number of Topliss-reactive ketones (excluding diaryl/α,β-unsaturated/α-hetero) is 1. The molecule has 3 aromatic rings. The lowest BCUT2D eigenvalue weighted by Crippen LogP contribution is -2.08. The van der Waals surface area contributed by atoms with Gasteiger partial charge in [-0.1, -0.05) is 54.2 Å². The Labute approximate surface area is 153 Å². The summed E-state index contributed by atoms with van der Waals surface area (Å²) in [5.74, 6) is -0.567. The van der Waals surface area contributed by atoms with Gasteiger partial charge >= 0.3 is 0 Å². The molecule has 1 heterocycles. The summed E-state index contributed by atoms with van der Waals surface area (Å²) < 4.78 is 13.9. The number of aromatic nitrogens is 3. The lowest BCUT2D eigenvalue weighted by molar-refractivity contribution is 0.0953. The first kappa shape index (κ1) is 17.8. The van der Waals surface area contributed by atoms with Crippen LogP contribution in [0.25, 0.3) is 6.08 Å². The number of ketones is 1. The van der Waals surface area contributed by atoms with E-state index in [2.05, 4.69) is 10.1 Å². The molecule has 0 amide bonds. The Morgan fingerprint density at radius 2 is 1.81 bits per heavy atom. The number of nitrogens with zero attached hydrogens (tertiary/aromatic N) is 3. The standard InChI is InChI=1S/C19H14FN3O2S/c20-16-9-6-14(7-10-16)8-11-18(25)23-13-21-19(22-23)26-12-17(24)15-4-2-1-3-5-15/h1-11,13H,12H2/b11-8+. The van der Waals surface area contributed by atoms with Crippen molar-refractivity contribution in [2.45, 2.75) is 5.16 Å². The zero-order valence-electron chi connectivity index (χ0n) is 13.6. The summed E-state index contributed by atoms with van der Waals surface area (Å²) in [7, 11) is 0. The quantitative estimate of drug-likeness (QED) is 0.377. The maximum Gasteiger partial charge on any atom is 0.272 e. The highest BCUT2D eigenvalue weighted by molar-refractivity contribution is 7.99. The summed E-state index contributed by atoms with van der Waals surface area (Å²) in [6.07, 6.45) is 4.19. The van der Waals surface area contributed by atoms with Crippen molar-refractivity contribution in [1.29, 1.82) is 0 Å². The van der Waals surface area contributed by atoms with Crippen LogP contribution in [0, 0.1) is 5.82 Å². The van der Waals surface area contributed by atoms with Gasteiger partial charge in [-0.25, -0.2) is 9.37 Å². The van der Waals surface area contributed by atoms with Gasteiger partial charge in [-0.15, -0.1) is 5.10 Å². The van der Waals surface area contributed by atoms with E-state index < -0.39 is 0 Å². The second-order valence-electron chi connectivity index (χ2n) is 5.27. The van der Waals surface area contributed by atoms with Crippen LogP contribution in [-0.2, 0) is 0 Å². The molecular weight excluding hydrogens is 353 g/mol. The van der Waals surface area contributed by atoms with Crippen molar-refractivity contribution in [3.05, 3.63) is 83.9 Å². The fourth-order valence-corrected chi connectivity index (χ4v) is 2.77. The van der Waals surface area contributed by atoms with Crippen LogP contribution < -0.4 is 0 Å². The van der Waals surface area contributed by atoms with Gasteiger partial charge in [0.05, 0.1) is 5.75 Å². The third-order valence-electron chi connectivity index (χ3n) is 3.41. The molecule has 26 heavy (non-hydrogen) atoms. The van der Waals surface area contributed by atoms with Gasteiger partial charge in [0.25, 0.3) is 5.91 Å². The molecule has 7 heteroatoms. The SMILES string of the molecule is O=C(CSc1ncn(C(=O)/C=C/c2ccc(F)cc2)n1)c1ccccc1. The van der Waals surface area contributed by atoms with Gasteiger partial charge < -0.3 is 0 Å². The first-order valence-electron chi connectivity index (χ1n) is 7.72. The third kappa shape index (κ3) is 4.73. The van der Waals surface area contributed by atoms with Crippen molar-refractivity contribution in [3.63, 3.8) is 0 Å². The van der Waals surface area contributed by atoms with E-state index in [0.29, 0.717) is 16.3 Å². The van der Waals surface area contributed by atoms with Gasteiger partial charge in [0.15, 0.2) is 5.78 Å². The second-order valence-corrected chi connectivity index (χ2v) is 6.22. The molecule has 0 spiro atoms. The Balaban J connectivity index is 1.57. The zero-order chi connectivity index (χ0) is 18.4. The summed E-state index contributed by atoms with van der Waals surface area (Å²) >= 11 is 1.17. The van der Waals surface area contributed by atoms with Crippen LogP contribution in [0.15, 0.2) is 72.2 Å². The Hall–Kier alpha value is -3.06. The second kappa shape index (κ2) is 8.35. The number of rotatable bonds is 6. The largest absolute Gasteiger partial charge is 0.293 e. The topological polar surface area (TPSA) is 64.8 Å². The van der Waals surface area contributed by atoms with Crippen molar-refractivity contribution in [2.24, 2.45) is 0 Å². The van der Waals surface area contributed by atoms with Gasteiger partial charge in [-0.2, -0.15) is 4.68 Å². The van der Waals surface area contributed by atoms with E-state index in [1.54, 1.807) is 42.5 Å². The molecule has 0 aliphatic carbocycles. The molecule has 0 saturated heterocycles. The average Bonchev–Trinajstić information content (AvgIpc) is 3.15. The average molecular weight is 367 g/mol. The van der Waals surface area contributed by atoms with E-state index in [9.17, 15) is 14.0 Å². The Morgan fingerprint density at radius 1 is 1.08 bits per heavy atom. The zero-order valence-corrected chi connectivity index (χ0v) is 14.4. The molecule has 0 saturated carbocycles. The number of carbonyl (C=O) groups is 2. The van der Waals surface area contributed by atoms with Crippen molar-refractivity contribution in [1.82, 2.24) is 14.8 Å². The Kier molecular flexibility index (Phi) is 5.70. The van der Waals surface area contributed by atoms with Crippen molar-refractivity contribution >= 4 is 29.5 Å².